The van der Waals surface area contributed by atoms with Crippen LogP contribution >= 0.6 is 0 Å². The van der Waals surface area contributed by atoms with Gasteiger partial charge < -0.3 is 19.5 Å². The van der Waals surface area contributed by atoms with Gasteiger partial charge in [-0.15, -0.1) is 0 Å². The number of amides is 1. The highest BCUT2D eigenvalue weighted by Crippen LogP contribution is 2.24. The summed E-state index contributed by atoms with van der Waals surface area (Å²) in [7, 11) is 4.74. The van der Waals surface area contributed by atoms with Crippen molar-refractivity contribution in [2.75, 3.05) is 27.9 Å². The third-order valence-corrected chi connectivity index (χ3v) is 3.53. The van der Waals surface area contributed by atoms with Gasteiger partial charge in [0, 0.05) is 12.6 Å². The molecular formula is C18H21NO4. The Morgan fingerprint density at radius 2 is 1.70 bits per heavy atom. The number of ether oxygens (including phenoxy) is 3. The molecule has 0 aliphatic heterocycles. The molecule has 0 saturated carbocycles. The first-order chi connectivity index (χ1) is 11.2. The molecule has 0 aliphatic rings. The number of rotatable bonds is 7. The van der Waals surface area contributed by atoms with E-state index in [0.717, 1.165) is 11.3 Å². The zero-order chi connectivity index (χ0) is 16.7. The van der Waals surface area contributed by atoms with Gasteiger partial charge in [-0.3, -0.25) is 4.79 Å². The van der Waals surface area contributed by atoms with Crippen molar-refractivity contribution in [3.63, 3.8) is 0 Å². The van der Waals surface area contributed by atoms with Crippen LogP contribution in [0.5, 0.6) is 17.2 Å². The summed E-state index contributed by atoms with van der Waals surface area (Å²) >= 11 is 0. The van der Waals surface area contributed by atoms with Crippen LogP contribution in [0.25, 0.3) is 0 Å². The summed E-state index contributed by atoms with van der Waals surface area (Å²) in [6, 6.07) is 12.9. The molecule has 0 heterocycles. The van der Waals surface area contributed by atoms with Gasteiger partial charge in [0.15, 0.2) is 0 Å². The minimum Gasteiger partial charge on any atom is -0.497 e. The van der Waals surface area contributed by atoms with Crippen LogP contribution < -0.4 is 19.5 Å². The fraction of sp³-hybridized carbons (Fsp3) is 0.278. The Morgan fingerprint density at radius 3 is 2.39 bits per heavy atom. The van der Waals surface area contributed by atoms with Crippen molar-refractivity contribution in [2.24, 2.45) is 0 Å². The third-order valence-electron chi connectivity index (χ3n) is 3.53. The van der Waals surface area contributed by atoms with Crippen molar-refractivity contribution in [1.29, 1.82) is 0 Å². The number of para-hydroxylation sites is 1. The maximum Gasteiger partial charge on any atom is 0.255 e. The lowest BCUT2D eigenvalue weighted by atomic mass is 10.1. The van der Waals surface area contributed by atoms with Gasteiger partial charge in [-0.25, -0.2) is 0 Å². The van der Waals surface area contributed by atoms with Gasteiger partial charge in [0.05, 0.1) is 26.9 Å². The van der Waals surface area contributed by atoms with Crippen LogP contribution in [0.4, 0.5) is 0 Å². The molecule has 5 heteroatoms. The number of nitrogens with one attached hydrogen (secondary N) is 1. The Balaban J connectivity index is 2.00. The minimum absolute atomic E-state index is 0.181. The summed E-state index contributed by atoms with van der Waals surface area (Å²) in [5, 5.41) is 2.90. The molecule has 5 nitrogen and oxygen atoms in total. The van der Waals surface area contributed by atoms with Crippen molar-refractivity contribution in [1.82, 2.24) is 5.32 Å². The van der Waals surface area contributed by atoms with Crippen molar-refractivity contribution < 1.29 is 19.0 Å². The first-order valence-electron chi connectivity index (χ1n) is 7.31. The summed E-state index contributed by atoms with van der Waals surface area (Å²) in [6.07, 6.45) is 0.689. The molecule has 0 fully saturated rings. The normalized spacial score (nSPS) is 10.0. The van der Waals surface area contributed by atoms with E-state index < -0.39 is 0 Å². The van der Waals surface area contributed by atoms with Gasteiger partial charge in [-0.2, -0.15) is 0 Å². The van der Waals surface area contributed by atoms with Crippen LogP contribution in [0, 0.1) is 0 Å². The lowest BCUT2D eigenvalue weighted by molar-refractivity contribution is 0.0951. The minimum atomic E-state index is -0.181. The molecule has 0 aliphatic carbocycles. The van der Waals surface area contributed by atoms with Gasteiger partial charge in [0.25, 0.3) is 5.91 Å². The second-order valence-corrected chi connectivity index (χ2v) is 4.88. The van der Waals surface area contributed by atoms with Gasteiger partial charge >= 0.3 is 0 Å². The van der Waals surface area contributed by atoms with E-state index in [0.29, 0.717) is 30.0 Å². The average Bonchev–Trinajstić information content (AvgIpc) is 2.61. The van der Waals surface area contributed by atoms with Gasteiger partial charge in [-0.05, 0) is 30.2 Å². The maximum absolute atomic E-state index is 12.3. The Morgan fingerprint density at radius 1 is 0.957 bits per heavy atom. The van der Waals surface area contributed by atoms with Crippen LogP contribution in [0.2, 0.25) is 0 Å². The predicted molar refractivity (Wildman–Crippen MR) is 88.6 cm³/mol. The van der Waals surface area contributed by atoms with Gasteiger partial charge in [0.1, 0.15) is 17.2 Å². The molecule has 23 heavy (non-hydrogen) atoms. The number of methoxy groups -OCH3 is 3. The molecule has 1 amide bonds. The van der Waals surface area contributed by atoms with Crippen LogP contribution in [-0.2, 0) is 6.42 Å². The number of carbonyl (C=O) groups excluding carboxylic acids is 1. The molecule has 1 N–H and O–H groups in total. The Kier molecular flexibility index (Phi) is 5.86. The molecule has 0 saturated heterocycles. The average molecular weight is 315 g/mol. The second-order valence-electron chi connectivity index (χ2n) is 4.88. The number of benzene rings is 2. The summed E-state index contributed by atoms with van der Waals surface area (Å²) < 4.78 is 15.7. The lowest BCUT2D eigenvalue weighted by Gasteiger charge is -2.12. The molecule has 0 atom stereocenters. The first kappa shape index (κ1) is 16.7. The fourth-order valence-electron chi connectivity index (χ4n) is 2.30. The number of hydrogen-bond acceptors (Lipinski definition) is 4. The maximum atomic E-state index is 12.3. The van der Waals surface area contributed by atoms with E-state index >= 15 is 0 Å². The van der Waals surface area contributed by atoms with E-state index in [1.807, 2.05) is 24.3 Å². The predicted octanol–water partition coefficient (Wildman–Crippen LogP) is 2.68. The Labute approximate surface area is 136 Å². The molecule has 0 unspecified atom stereocenters. The zero-order valence-electron chi connectivity index (χ0n) is 13.6. The summed E-state index contributed by atoms with van der Waals surface area (Å²) in [5.41, 5.74) is 1.53. The number of carbonyl (C=O) groups is 1. The molecule has 0 spiro atoms. The van der Waals surface area contributed by atoms with Crippen molar-refractivity contribution in [2.45, 2.75) is 6.42 Å². The summed E-state index contributed by atoms with van der Waals surface area (Å²) in [5.74, 6) is 1.77. The molecule has 2 rings (SSSR count). The van der Waals surface area contributed by atoms with E-state index in [9.17, 15) is 4.79 Å². The molecule has 0 aromatic heterocycles. The lowest BCUT2D eigenvalue weighted by Crippen LogP contribution is -2.26. The van der Waals surface area contributed by atoms with E-state index in [4.69, 9.17) is 14.2 Å². The fourth-order valence-corrected chi connectivity index (χ4v) is 2.30. The number of hydrogen-bond donors (Lipinski definition) is 1. The molecular weight excluding hydrogens is 294 g/mol. The SMILES string of the molecule is COc1ccc(C(=O)NCCc2ccccc2OC)c(OC)c1. The Bertz CT molecular complexity index is 670. The van der Waals surface area contributed by atoms with Crippen molar-refractivity contribution in [3.8, 4) is 17.2 Å². The molecule has 0 radical (unpaired) electrons. The van der Waals surface area contributed by atoms with E-state index in [1.165, 1.54) is 7.11 Å². The molecule has 0 bridgehead atoms. The second kappa shape index (κ2) is 8.08. The highest BCUT2D eigenvalue weighted by molar-refractivity contribution is 5.97. The molecule has 122 valence electrons. The van der Waals surface area contributed by atoms with Crippen LogP contribution in [0.15, 0.2) is 42.5 Å². The third kappa shape index (κ3) is 4.16. The Hall–Kier alpha value is -2.69. The van der Waals surface area contributed by atoms with Crippen LogP contribution in [0.1, 0.15) is 15.9 Å². The quantitative estimate of drug-likeness (QED) is 0.853. The van der Waals surface area contributed by atoms with Crippen LogP contribution in [0.3, 0.4) is 0 Å². The first-order valence-corrected chi connectivity index (χ1v) is 7.31. The smallest absolute Gasteiger partial charge is 0.255 e. The van der Waals surface area contributed by atoms with Crippen molar-refractivity contribution in [3.05, 3.63) is 53.6 Å². The zero-order valence-corrected chi connectivity index (χ0v) is 13.6. The van der Waals surface area contributed by atoms with E-state index in [2.05, 4.69) is 5.32 Å². The van der Waals surface area contributed by atoms with E-state index in [1.54, 1.807) is 32.4 Å². The van der Waals surface area contributed by atoms with Crippen LogP contribution in [-0.4, -0.2) is 33.8 Å². The van der Waals surface area contributed by atoms with E-state index in [-0.39, 0.29) is 5.91 Å². The standard InChI is InChI=1S/C18H21NO4/c1-21-14-8-9-15(17(12-14)23-3)18(20)19-11-10-13-6-4-5-7-16(13)22-2/h4-9,12H,10-11H2,1-3H3,(H,19,20). The monoisotopic (exact) mass is 315 g/mol. The topological polar surface area (TPSA) is 56.8 Å². The highest BCUT2D eigenvalue weighted by Gasteiger charge is 2.13. The highest BCUT2D eigenvalue weighted by atomic mass is 16.5. The van der Waals surface area contributed by atoms with Crippen molar-refractivity contribution >= 4 is 5.91 Å². The summed E-state index contributed by atoms with van der Waals surface area (Å²) in [4.78, 5) is 12.3. The largest absolute Gasteiger partial charge is 0.497 e. The molecule has 2 aromatic carbocycles. The van der Waals surface area contributed by atoms with Gasteiger partial charge in [0.2, 0.25) is 0 Å². The van der Waals surface area contributed by atoms with Gasteiger partial charge in [-0.1, -0.05) is 18.2 Å². The molecule has 2 aromatic rings. The summed E-state index contributed by atoms with van der Waals surface area (Å²) in [6.45, 7) is 0.508.